The van der Waals surface area contributed by atoms with Crippen molar-refractivity contribution < 1.29 is 9.53 Å². The number of rotatable bonds is 8. The number of nitriles is 1. The highest BCUT2D eigenvalue weighted by molar-refractivity contribution is 6.01. The van der Waals surface area contributed by atoms with Crippen molar-refractivity contribution in [1.82, 2.24) is 14.8 Å². The Hall–Kier alpha value is -2.10. The molecule has 6 nitrogen and oxygen atoms in total. The fourth-order valence-electron chi connectivity index (χ4n) is 3.83. The van der Waals surface area contributed by atoms with Crippen molar-refractivity contribution in [1.29, 1.82) is 5.26 Å². The maximum atomic E-state index is 12.7. The van der Waals surface area contributed by atoms with Gasteiger partial charge >= 0.3 is 0 Å². The van der Waals surface area contributed by atoms with Crippen LogP contribution in [0.4, 0.5) is 0 Å². The monoisotopic (exact) mass is 386 g/mol. The highest BCUT2D eigenvalue weighted by atomic mass is 16.5. The van der Waals surface area contributed by atoms with Crippen LogP contribution in [-0.2, 0) is 16.1 Å². The lowest BCUT2D eigenvalue weighted by atomic mass is 10.0. The smallest absolute Gasteiger partial charge is 0.262 e. The van der Waals surface area contributed by atoms with Crippen molar-refractivity contribution >= 4 is 12.0 Å². The molecule has 1 amide bonds. The van der Waals surface area contributed by atoms with Gasteiger partial charge in [-0.2, -0.15) is 5.26 Å². The van der Waals surface area contributed by atoms with E-state index in [0.717, 1.165) is 56.2 Å². The van der Waals surface area contributed by atoms with Crippen LogP contribution in [0.15, 0.2) is 11.6 Å². The van der Waals surface area contributed by atoms with E-state index in [9.17, 15) is 10.1 Å². The van der Waals surface area contributed by atoms with Crippen LogP contribution >= 0.6 is 0 Å². The van der Waals surface area contributed by atoms with E-state index in [0.29, 0.717) is 12.5 Å². The number of carbonyl (C=O) groups excluding carboxylic acids is 1. The number of carbonyl (C=O) groups is 1. The summed E-state index contributed by atoms with van der Waals surface area (Å²) in [5, 5.41) is 12.5. The third-order valence-corrected chi connectivity index (χ3v) is 5.48. The number of hydrogen-bond donors (Lipinski definition) is 1. The summed E-state index contributed by atoms with van der Waals surface area (Å²) in [5.41, 5.74) is 3.33. The molecule has 1 unspecified atom stereocenters. The number of amides is 1. The molecule has 1 N–H and O–H groups in total. The summed E-state index contributed by atoms with van der Waals surface area (Å²) in [6, 6.07) is 4.36. The van der Waals surface area contributed by atoms with Crippen LogP contribution in [0.25, 0.3) is 6.08 Å². The standard InChI is InChI=1S/C22H34N4O2/c1-6-7-26-17(4)12-19(18(26)5)13-20(14-23)22(27)24-15-21(16(2)3)25-8-10-28-11-9-25/h12-13,16,21H,6-11,15H2,1-5H3,(H,24,27)/b20-13+. The van der Waals surface area contributed by atoms with Gasteiger partial charge in [-0.25, -0.2) is 0 Å². The first-order valence-corrected chi connectivity index (χ1v) is 10.3. The Morgan fingerprint density at radius 1 is 1.36 bits per heavy atom. The molecule has 1 aliphatic rings. The number of aromatic nitrogens is 1. The molecular weight excluding hydrogens is 352 g/mol. The van der Waals surface area contributed by atoms with E-state index in [-0.39, 0.29) is 17.5 Å². The Labute approximate surface area is 169 Å². The van der Waals surface area contributed by atoms with Gasteiger partial charge in [0, 0.05) is 43.6 Å². The van der Waals surface area contributed by atoms with Gasteiger partial charge < -0.3 is 14.6 Å². The van der Waals surface area contributed by atoms with Crippen molar-refractivity contribution in [3.63, 3.8) is 0 Å². The Kier molecular flexibility index (Phi) is 8.28. The molecule has 1 saturated heterocycles. The van der Waals surface area contributed by atoms with Crippen LogP contribution in [0, 0.1) is 31.1 Å². The van der Waals surface area contributed by atoms with Gasteiger partial charge in [-0.15, -0.1) is 0 Å². The van der Waals surface area contributed by atoms with E-state index in [1.807, 2.05) is 13.0 Å². The molecule has 6 heteroatoms. The molecule has 0 radical (unpaired) electrons. The van der Waals surface area contributed by atoms with E-state index in [4.69, 9.17) is 4.74 Å². The zero-order chi connectivity index (χ0) is 20.7. The molecule has 1 atom stereocenters. The van der Waals surface area contributed by atoms with Gasteiger partial charge in [0.25, 0.3) is 5.91 Å². The molecule has 0 bridgehead atoms. The molecule has 1 aromatic rings. The number of aryl methyl sites for hydroxylation is 1. The maximum Gasteiger partial charge on any atom is 0.262 e. The molecule has 1 fully saturated rings. The predicted octanol–water partition coefficient (Wildman–Crippen LogP) is 2.89. The third kappa shape index (κ3) is 5.46. The lowest BCUT2D eigenvalue weighted by Crippen LogP contribution is -2.51. The van der Waals surface area contributed by atoms with Gasteiger partial charge in [0.05, 0.1) is 13.2 Å². The highest BCUT2D eigenvalue weighted by Gasteiger charge is 2.24. The molecule has 0 saturated carbocycles. The largest absolute Gasteiger partial charge is 0.379 e. The SMILES string of the molecule is CCCn1c(C)cc(/C=C(\C#N)C(=O)NCC(C(C)C)N2CCOCC2)c1C. The summed E-state index contributed by atoms with van der Waals surface area (Å²) < 4.78 is 7.66. The first-order valence-electron chi connectivity index (χ1n) is 10.3. The summed E-state index contributed by atoms with van der Waals surface area (Å²) in [7, 11) is 0. The van der Waals surface area contributed by atoms with Crippen molar-refractivity contribution in [3.05, 3.63) is 28.6 Å². The molecule has 2 rings (SSSR count). The zero-order valence-corrected chi connectivity index (χ0v) is 17.9. The van der Waals surface area contributed by atoms with E-state index in [2.05, 4.69) is 48.5 Å². The Morgan fingerprint density at radius 3 is 2.61 bits per heavy atom. The summed E-state index contributed by atoms with van der Waals surface area (Å²) in [5.74, 6) is 0.0996. The second-order valence-corrected chi connectivity index (χ2v) is 7.82. The second-order valence-electron chi connectivity index (χ2n) is 7.82. The highest BCUT2D eigenvalue weighted by Crippen LogP contribution is 2.19. The van der Waals surface area contributed by atoms with Crippen molar-refractivity contribution in [3.8, 4) is 6.07 Å². The molecule has 1 aliphatic heterocycles. The molecule has 0 aliphatic carbocycles. The average molecular weight is 387 g/mol. The normalized spacial score (nSPS) is 16.8. The lowest BCUT2D eigenvalue weighted by molar-refractivity contribution is -0.117. The van der Waals surface area contributed by atoms with Gasteiger partial charge in [0.1, 0.15) is 11.6 Å². The van der Waals surface area contributed by atoms with Crippen molar-refractivity contribution in [2.24, 2.45) is 5.92 Å². The molecule has 1 aromatic heterocycles. The van der Waals surface area contributed by atoms with Crippen LogP contribution in [0.1, 0.15) is 44.1 Å². The first kappa shape index (κ1) is 22.2. The number of hydrogen-bond acceptors (Lipinski definition) is 4. The van der Waals surface area contributed by atoms with Crippen LogP contribution in [0.5, 0.6) is 0 Å². The summed E-state index contributed by atoms with van der Waals surface area (Å²) >= 11 is 0. The van der Waals surface area contributed by atoms with Crippen LogP contribution < -0.4 is 5.32 Å². The van der Waals surface area contributed by atoms with Crippen LogP contribution in [0.3, 0.4) is 0 Å². The van der Waals surface area contributed by atoms with Crippen molar-refractivity contribution in [2.45, 2.75) is 53.6 Å². The van der Waals surface area contributed by atoms with Crippen LogP contribution in [0.2, 0.25) is 0 Å². The molecule has 28 heavy (non-hydrogen) atoms. The minimum atomic E-state index is -0.304. The summed E-state index contributed by atoms with van der Waals surface area (Å²) in [6.07, 6.45) is 2.76. The van der Waals surface area contributed by atoms with Crippen molar-refractivity contribution in [2.75, 3.05) is 32.8 Å². The van der Waals surface area contributed by atoms with Crippen LogP contribution in [-0.4, -0.2) is 54.3 Å². The summed E-state index contributed by atoms with van der Waals surface area (Å²) in [6.45, 7) is 15.2. The van der Waals surface area contributed by atoms with Gasteiger partial charge in [0.15, 0.2) is 0 Å². The lowest BCUT2D eigenvalue weighted by Gasteiger charge is -2.36. The number of morpholine rings is 1. The fourth-order valence-corrected chi connectivity index (χ4v) is 3.83. The van der Waals surface area contributed by atoms with E-state index in [1.54, 1.807) is 6.08 Å². The minimum absolute atomic E-state index is 0.154. The van der Waals surface area contributed by atoms with E-state index < -0.39 is 0 Å². The topological polar surface area (TPSA) is 70.3 Å². The number of ether oxygens (including phenoxy) is 1. The number of nitrogens with one attached hydrogen (secondary N) is 1. The second kappa shape index (κ2) is 10.4. The van der Waals surface area contributed by atoms with Gasteiger partial charge in [-0.3, -0.25) is 9.69 Å². The predicted molar refractivity (Wildman–Crippen MR) is 112 cm³/mol. The third-order valence-electron chi connectivity index (χ3n) is 5.48. The van der Waals surface area contributed by atoms with Gasteiger partial charge in [-0.1, -0.05) is 20.8 Å². The average Bonchev–Trinajstić information content (AvgIpc) is 2.94. The first-order chi connectivity index (χ1) is 13.4. The molecule has 154 valence electrons. The van der Waals surface area contributed by atoms with E-state index in [1.165, 1.54) is 0 Å². The Morgan fingerprint density at radius 2 is 2.04 bits per heavy atom. The quantitative estimate of drug-likeness (QED) is 0.551. The van der Waals surface area contributed by atoms with Gasteiger partial charge in [-0.05, 0) is 43.9 Å². The van der Waals surface area contributed by atoms with Gasteiger partial charge in [0.2, 0.25) is 0 Å². The summed E-state index contributed by atoms with van der Waals surface area (Å²) in [4.78, 5) is 15.0. The molecule has 0 spiro atoms. The maximum absolute atomic E-state index is 12.7. The zero-order valence-electron chi connectivity index (χ0n) is 17.9. The van der Waals surface area contributed by atoms with E-state index >= 15 is 0 Å². The minimum Gasteiger partial charge on any atom is -0.379 e. The number of nitrogens with zero attached hydrogens (tertiary/aromatic N) is 3. The fraction of sp³-hybridized carbons (Fsp3) is 0.636. The molecule has 0 aromatic carbocycles. The Bertz CT molecular complexity index is 736. The molecular formula is C22H34N4O2. The Balaban J connectivity index is 2.09. The molecule has 2 heterocycles.